The van der Waals surface area contributed by atoms with Crippen molar-refractivity contribution >= 4 is 15.9 Å². The van der Waals surface area contributed by atoms with Crippen LogP contribution in [0.5, 0.6) is 0 Å². The molecule has 0 radical (unpaired) electrons. The zero-order valence-corrected chi connectivity index (χ0v) is 14.1. The molecule has 2 saturated heterocycles. The van der Waals surface area contributed by atoms with Gasteiger partial charge in [-0.3, -0.25) is 9.78 Å². The third-order valence-corrected chi connectivity index (χ3v) is 5.93. The molecule has 7 nitrogen and oxygen atoms in total. The number of hydrogen-bond acceptors (Lipinski definition) is 5. The molecule has 8 heteroatoms. The molecule has 2 aliphatic heterocycles. The summed E-state index contributed by atoms with van der Waals surface area (Å²) < 4.78 is 30.6. The molecule has 0 aliphatic carbocycles. The number of amides is 1. The topological polar surface area (TPSA) is 79.8 Å². The van der Waals surface area contributed by atoms with Crippen LogP contribution in [-0.4, -0.2) is 68.1 Å². The minimum atomic E-state index is -3.31. The maximum Gasteiger partial charge on any atom is 0.232 e. The second-order valence-electron chi connectivity index (χ2n) is 6.41. The van der Waals surface area contributed by atoms with Crippen LogP contribution in [-0.2, 0) is 26.1 Å². The maximum absolute atomic E-state index is 13.0. The van der Waals surface area contributed by atoms with E-state index in [0.29, 0.717) is 19.7 Å². The van der Waals surface area contributed by atoms with Crippen molar-refractivity contribution in [3.05, 3.63) is 30.1 Å². The number of nitrogens with zero attached hydrogens (tertiary/aromatic N) is 3. The van der Waals surface area contributed by atoms with Crippen LogP contribution in [0.15, 0.2) is 24.4 Å². The van der Waals surface area contributed by atoms with Crippen LogP contribution in [0.3, 0.4) is 0 Å². The minimum Gasteiger partial charge on any atom is -0.380 e. The Bertz CT molecular complexity index is 694. The predicted octanol–water partition coefficient (Wildman–Crippen LogP) is -0.0520. The van der Waals surface area contributed by atoms with Gasteiger partial charge in [-0.2, -0.15) is 0 Å². The van der Waals surface area contributed by atoms with Crippen LogP contribution in [0.1, 0.15) is 5.69 Å². The summed E-state index contributed by atoms with van der Waals surface area (Å²) in [6.07, 6.45) is 2.87. The van der Waals surface area contributed by atoms with E-state index in [2.05, 4.69) is 4.98 Å². The number of rotatable bonds is 4. The summed E-state index contributed by atoms with van der Waals surface area (Å²) in [5.41, 5.74) is 0.0280. The molecular formula is C15H21N3O4S. The SMILES string of the molecule is CN(Cc1ccccn1)C(=O)[C@@]12COC[C@@H]1CN(S(C)(=O)=O)C2. The van der Waals surface area contributed by atoms with Crippen molar-refractivity contribution in [2.24, 2.45) is 11.3 Å². The van der Waals surface area contributed by atoms with Crippen molar-refractivity contribution < 1.29 is 17.9 Å². The smallest absolute Gasteiger partial charge is 0.232 e. The van der Waals surface area contributed by atoms with Gasteiger partial charge in [-0.1, -0.05) is 6.07 Å². The molecule has 126 valence electrons. The van der Waals surface area contributed by atoms with E-state index in [1.807, 2.05) is 18.2 Å². The van der Waals surface area contributed by atoms with Crippen LogP contribution < -0.4 is 0 Å². The fourth-order valence-electron chi connectivity index (χ4n) is 3.43. The molecule has 1 aromatic heterocycles. The Labute approximate surface area is 136 Å². The van der Waals surface area contributed by atoms with E-state index in [1.54, 1.807) is 18.1 Å². The lowest BCUT2D eigenvalue weighted by Crippen LogP contribution is -2.47. The predicted molar refractivity (Wildman–Crippen MR) is 83.9 cm³/mol. The van der Waals surface area contributed by atoms with E-state index in [9.17, 15) is 13.2 Å². The van der Waals surface area contributed by atoms with Crippen molar-refractivity contribution in [3.63, 3.8) is 0 Å². The Kier molecular flexibility index (Phi) is 4.16. The van der Waals surface area contributed by atoms with Gasteiger partial charge in [-0.25, -0.2) is 12.7 Å². The second kappa shape index (κ2) is 5.85. The second-order valence-corrected chi connectivity index (χ2v) is 8.39. The van der Waals surface area contributed by atoms with Crippen LogP contribution in [0.4, 0.5) is 0 Å². The zero-order valence-electron chi connectivity index (χ0n) is 13.3. The molecule has 0 aromatic carbocycles. The lowest BCUT2D eigenvalue weighted by atomic mass is 9.79. The molecule has 1 aromatic rings. The van der Waals surface area contributed by atoms with E-state index >= 15 is 0 Å². The van der Waals surface area contributed by atoms with Crippen molar-refractivity contribution in [2.75, 3.05) is 39.6 Å². The number of fused-ring (bicyclic) bond motifs is 1. The number of carbonyl (C=O) groups excluding carboxylic acids is 1. The molecule has 1 amide bonds. The first-order valence-corrected chi connectivity index (χ1v) is 9.36. The minimum absolute atomic E-state index is 0.0724. The quantitative estimate of drug-likeness (QED) is 0.768. The first kappa shape index (κ1) is 16.4. The van der Waals surface area contributed by atoms with E-state index in [4.69, 9.17) is 4.74 Å². The van der Waals surface area contributed by atoms with Crippen molar-refractivity contribution in [1.29, 1.82) is 0 Å². The van der Waals surface area contributed by atoms with Gasteiger partial charge >= 0.3 is 0 Å². The third kappa shape index (κ3) is 2.98. The van der Waals surface area contributed by atoms with Gasteiger partial charge < -0.3 is 9.64 Å². The monoisotopic (exact) mass is 339 g/mol. The number of hydrogen-bond donors (Lipinski definition) is 0. The van der Waals surface area contributed by atoms with E-state index in [0.717, 1.165) is 5.69 Å². The van der Waals surface area contributed by atoms with E-state index < -0.39 is 15.4 Å². The van der Waals surface area contributed by atoms with Gasteiger partial charge in [-0.05, 0) is 12.1 Å². The Balaban J connectivity index is 1.79. The largest absolute Gasteiger partial charge is 0.380 e. The molecule has 0 N–H and O–H groups in total. The first-order chi connectivity index (χ1) is 10.8. The van der Waals surface area contributed by atoms with Gasteiger partial charge in [0, 0.05) is 32.3 Å². The molecule has 0 unspecified atom stereocenters. The van der Waals surface area contributed by atoms with Gasteiger partial charge in [0.1, 0.15) is 0 Å². The van der Waals surface area contributed by atoms with Crippen LogP contribution in [0.25, 0.3) is 0 Å². The summed E-state index contributed by atoms with van der Waals surface area (Å²) in [4.78, 5) is 18.9. The molecule has 2 atom stereocenters. The lowest BCUT2D eigenvalue weighted by Gasteiger charge is -2.30. The fourth-order valence-corrected chi connectivity index (χ4v) is 4.35. The maximum atomic E-state index is 13.0. The molecule has 3 heterocycles. The first-order valence-electron chi connectivity index (χ1n) is 7.51. The Morgan fingerprint density at radius 3 is 2.96 bits per heavy atom. The van der Waals surface area contributed by atoms with Crippen LogP contribution >= 0.6 is 0 Å². The highest BCUT2D eigenvalue weighted by atomic mass is 32.2. The summed E-state index contributed by atoms with van der Waals surface area (Å²) in [5.74, 6) is -0.160. The highest BCUT2D eigenvalue weighted by Gasteiger charge is 2.58. The summed E-state index contributed by atoms with van der Waals surface area (Å²) in [6.45, 7) is 1.64. The standard InChI is InChI=1S/C15H21N3O4S/c1-17(8-13-5-3-4-6-16-13)14(19)15-10-18(23(2,20)21)7-12(15)9-22-11-15/h3-6,12H,7-11H2,1-2H3/t12-,15-/m0/s1. The molecular weight excluding hydrogens is 318 g/mol. The number of pyridine rings is 1. The molecule has 0 spiro atoms. The van der Waals surface area contributed by atoms with Gasteiger partial charge in [0.25, 0.3) is 0 Å². The Hall–Kier alpha value is -1.51. The molecule has 2 aliphatic rings. The van der Waals surface area contributed by atoms with Crippen LogP contribution in [0.2, 0.25) is 0 Å². The van der Waals surface area contributed by atoms with Crippen LogP contribution in [0, 0.1) is 11.3 Å². The molecule has 0 saturated carbocycles. The summed E-state index contributed by atoms with van der Waals surface area (Å²) in [6, 6.07) is 5.56. The summed E-state index contributed by atoms with van der Waals surface area (Å²) >= 11 is 0. The Morgan fingerprint density at radius 2 is 2.30 bits per heavy atom. The number of carbonyl (C=O) groups is 1. The van der Waals surface area contributed by atoms with Crippen molar-refractivity contribution in [1.82, 2.24) is 14.2 Å². The van der Waals surface area contributed by atoms with Gasteiger partial charge in [0.15, 0.2) is 0 Å². The highest BCUT2D eigenvalue weighted by Crippen LogP contribution is 2.43. The van der Waals surface area contributed by atoms with E-state index in [1.165, 1.54) is 10.6 Å². The van der Waals surface area contributed by atoms with Crippen molar-refractivity contribution in [3.8, 4) is 0 Å². The van der Waals surface area contributed by atoms with Gasteiger partial charge in [0.05, 0.1) is 37.1 Å². The normalized spacial score (nSPS) is 27.8. The molecule has 23 heavy (non-hydrogen) atoms. The number of ether oxygens (including phenoxy) is 1. The average Bonchev–Trinajstić information content (AvgIpc) is 3.04. The zero-order chi connectivity index (χ0) is 16.7. The number of sulfonamides is 1. The summed E-state index contributed by atoms with van der Waals surface area (Å²) in [7, 11) is -1.58. The van der Waals surface area contributed by atoms with Gasteiger partial charge in [0.2, 0.25) is 15.9 Å². The average molecular weight is 339 g/mol. The molecule has 0 bridgehead atoms. The van der Waals surface area contributed by atoms with E-state index in [-0.39, 0.29) is 25.0 Å². The number of aromatic nitrogens is 1. The lowest BCUT2D eigenvalue weighted by molar-refractivity contribution is -0.141. The van der Waals surface area contributed by atoms with Crippen molar-refractivity contribution in [2.45, 2.75) is 6.54 Å². The summed E-state index contributed by atoms with van der Waals surface area (Å²) in [5, 5.41) is 0. The Morgan fingerprint density at radius 1 is 1.52 bits per heavy atom. The highest BCUT2D eigenvalue weighted by molar-refractivity contribution is 7.88. The third-order valence-electron chi connectivity index (χ3n) is 4.71. The molecule has 3 rings (SSSR count). The molecule has 2 fully saturated rings. The van der Waals surface area contributed by atoms with Gasteiger partial charge in [-0.15, -0.1) is 0 Å². The fraction of sp³-hybridized carbons (Fsp3) is 0.600.